The fourth-order valence-electron chi connectivity index (χ4n) is 2.91. The molecule has 1 aliphatic heterocycles. The summed E-state index contributed by atoms with van der Waals surface area (Å²) >= 11 is 1.56. The molecule has 1 saturated heterocycles. The van der Waals surface area contributed by atoms with Gasteiger partial charge in [0.05, 0.1) is 23.3 Å². The van der Waals surface area contributed by atoms with E-state index in [9.17, 15) is 9.59 Å². The van der Waals surface area contributed by atoms with Gasteiger partial charge >= 0.3 is 5.97 Å². The van der Waals surface area contributed by atoms with Crippen LogP contribution < -0.4 is 5.32 Å². The monoisotopic (exact) mass is 410 g/mol. The van der Waals surface area contributed by atoms with Crippen molar-refractivity contribution in [2.75, 3.05) is 17.7 Å². The predicted octanol–water partition coefficient (Wildman–Crippen LogP) is 4.01. The highest BCUT2D eigenvalue weighted by Gasteiger charge is 2.22. The molecule has 0 aliphatic carbocycles. The van der Waals surface area contributed by atoms with E-state index in [2.05, 4.69) is 5.32 Å². The summed E-state index contributed by atoms with van der Waals surface area (Å²) in [4.78, 5) is 25.8. The van der Waals surface area contributed by atoms with Crippen LogP contribution in [0.25, 0.3) is 0 Å². The van der Waals surface area contributed by atoms with Crippen LogP contribution in [0.5, 0.6) is 0 Å². The van der Waals surface area contributed by atoms with Crippen LogP contribution in [0, 0.1) is 11.3 Å². The van der Waals surface area contributed by atoms with Crippen molar-refractivity contribution in [3.63, 3.8) is 0 Å². The van der Waals surface area contributed by atoms with Gasteiger partial charge in [-0.25, -0.2) is 4.79 Å². The van der Waals surface area contributed by atoms with Gasteiger partial charge in [0, 0.05) is 22.9 Å². The highest BCUT2D eigenvalue weighted by Crippen LogP contribution is 2.27. The Labute approximate surface area is 174 Å². The second kappa shape index (κ2) is 10.1. The number of benzene rings is 2. The van der Waals surface area contributed by atoms with E-state index in [1.54, 1.807) is 48.2 Å². The summed E-state index contributed by atoms with van der Waals surface area (Å²) in [6.45, 7) is 2.31. The average Bonchev–Trinajstić information content (AvgIpc) is 3.26. The maximum Gasteiger partial charge on any atom is 0.340 e. The lowest BCUT2D eigenvalue weighted by Crippen LogP contribution is -2.30. The van der Waals surface area contributed by atoms with Crippen molar-refractivity contribution in [3.05, 3.63) is 59.7 Å². The van der Waals surface area contributed by atoms with E-state index >= 15 is 0 Å². The summed E-state index contributed by atoms with van der Waals surface area (Å²) in [6.07, 6.45) is 1.32. The van der Waals surface area contributed by atoms with Gasteiger partial charge in [0.15, 0.2) is 6.10 Å². The Bertz CT molecular complexity index is 919. The molecule has 0 bridgehead atoms. The SMILES string of the molecule is C[C@@H](OC(=O)c1ccccc1SC[C@H]1CCCO1)C(=O)Nc1cccc(C#N)c1. The summed E-state index contributed by atoms with van der Waals surface area (Å²) in [6, 6.07) is 15.8. The minimum atomic E-state index is -0.982. The summed E-state index contributed by atoms with van der Waals surface area (Å²) in [5, 5.41) is 11.6. The van der Waals surface area contributed by atoms with Gasteiger partial charge in [-0.3, -0.25) is 4.79 Å². The van der Waals surface area contributed by atoms with Crippen molar-refractivity contribution >= 4 is 29.3 Å². The third kappa shape index (κ3) is 5.83. The number of rotatable bonds is 7. The van der Waals surface area contributed by atoms with Gasteiger partial charge in [-0.05, 0) is 50.1 Å². The molecule has 2 aromatic rings. The molecule has 7 heteroatoms. The highest BCUT2D eigenvalue weighted by atomic mass is 32.2. The van der Waals surface area contributed by atoms with Crippen LogP contribution in [-0.2, 0) is 14.3 Å². The number of carbonyl (C=O) groups excluding carboxylic acids is 2. The standard InChI is InChI=1S/C22H22N2O4S/c1-15(21(25)24-17-7-4-6-16(12-17)13-23)28-22(26)19-9-2-3-10-20(19)29-14-18-8-5-11-27-18/h2-4,6-7,9-10,12,15,18H,5,8,11,14H2,1H3,(H,24,25)/t15-,18-/m1/s1. The van der Waals surface area contributed by atoms with Gasteiger partial charge in [-0.1, -0.05) is 18.2 Å². The van der Waals surface area contributed by atoms with E-state index in [-0.39, 0.29) is 6.10 Å². The Hall–Kier alpha value is -2.82. The van der Waals surface area contributed by atoms with Crippen LogP contribution in [0.15, 0.2) is 53.4 Å². The van der Waals surface area contributed by atoms with Gasteiger partial charge in [0.2, 0.25) is 0 Å². The van der Waals surface area contributed by atoms with Crippen molar-refractivity contribution in [3.8, 4) is 6.07 Å². The van der Waals surface area contributed by atoms with E-state index in [0.717, 1.165) is 30.1 Å². The molecule has 1 amide bonds. The normalized spacial score (nSPS) is 16.6. The number of ether oxygens (including phenoxy) is 2. The Morgan fingerprint density at radius 3 is 2.90 bits per heavy atom. The molecule has 0 unspecified atom stereocenters. The number of anilines is 1. The number of nitriles is 1. The molecule has 0 saturated carbocycles. The fraction of sp³-hybridized carbons (Fsp3) is 0.318. The first-order valence-corrected chi connectivity index (χ1v) is 10.4. The van der Waals surface area contributed by atoms with Gasteiger partial charge in [0.25, 0.3) is 5.91 Å². The first kappa shape index (κ1) is 20.9. The molecule has 1 fully saturated rings. The van der Waals surface area contributed by atoms with E-state index in [0.29, 0.717) is 16.8 Å². The molecular weight excluding hydrogens is 388 g/mol. The van der Waals surface area contributed by atoms with Gasteiger partial charge < -0.3 is 14.8 Å². The lowest BCUT2D eigenvalue weighted by atomic mass is 10.2. The van der Waals surface area contributed by atoms with Crippen molar-refractivity contribution in [2.24, 2.45) is 0 Å². The third-order valence-corrected chi connectivity index (χ3v) is 5.67. The molecule has 1 heterocycles. The van der Waals surface area contributed by atoms with Gasteiger partial charge in [-0.15, -0.1) is 11.8 Å². The summed E-state index contributed by atoms with van der Waals surface area (Å²) in [7, 11) is 0. The van der Waals surface area contributed by atoms with Crippen molar-refractivity contribution < 1.29 is 19.1 Å². The summed E-state index contributed by atoms with van der Waals surface area (Å²) in [5.74, 6) is -0.234. The molecule has 29 heavy (non-hydrogen) atoms. The number of nitrogens with one attached hydrogen (secondary N) is 1. The number of nitrogens with zero attached hydrogens (tertiary/aromatic N) is 1. The molecule has 2 atom stereocenters. The van der Waals surface area contributed by atoms with E-state index < -0.39 is 18.0 Å². The fourth-order valence-corrected chi connectivity index (χ4v) is 4.02. The minimum absolute atomic E-state index is 0.206. The van der Waals surface area contributed by atoms with Crippen LogP contribution in [0.4, 0.5) is 5.69 Å². The molecule has 150 valence electrons. The van der Waals surface area contributed by atoms with Crippen molar-refractivity contribution in [2.45, 2.75) is 36.9 Å². The molecule has 2 aromatic carbocycles. The largest absolute Gasteiger partial charge is 0.449 e. The maximum absolute atomic E-state index is 12.6. The third-order valence-electron chi connectivity index (χ3n) is 4.47. The average molecular weight is 410 g/mol. The Morgan fingerprint density at radius 1 is 1.31 bits per heavy atom. The summed E-state index contributed by atoms with van der Waals surface area (Å²) < 4.78 is 11.0. The van der Waals surface area contributed by atoms with Crippen LogP contribution in [0.2, 0.25) is 0 Å². The molecule has 0 radical (unpaired) electrons. The van der Waals surface area contributed by atoms with Crippen LogP contribution in [0.3, 0.4) is 0 Å². The minimum Gasteiger partial charge on any atom is -0.449 e. The zero-order chi connectivity index (χ0) is 20.6. The number of carbonyl (C=O) groups is 2. The van der Waals surface area contributed by atoms with Gasteiger partial charge in [0.1, 0.15) is 0 Å². The predicted molar refractivity (Wildman–Crippen MR) is 111 cm³/mol. The number of hydrogen-bond donors (Lipinski definition) is 1. The zero-order valence-electron chi connectivity index (χ0n) is 16.1. The second-order valence-electron chi connectivity index (χ2n) is 6.67. The topological polar surface area (TPSA) is 88.4 Å². The molecular formula is C22H22N2O4S. The van der Waals surface area contributed by atoms with Crippen molar-refractivity contribution in [1.29, 1.82) is 5.26 Å². The smallest absolute Gasteiger partial charge is 0.340 e. The van der Waals surface area contributed by atoms with E-state index in [1.165, 1.54) is 6.92 Å². The maximum atomic E-state index is 12.6. The Morgan fingerprint density at radius 2 is 2.14 bits per heavy atom. The number of esters is 1. The van der Waals surface area contributed by atoms with Crippen LogP contribution >= 0.6 is 11.8 Å². The quantitative estimate of drug-likeness (QED) is 0.548. The highest BCUT2D eigenvalue weighted by molar-refractivity contribution is 7.99. The molecule has 6 nitrogen and oxygen atoms in total. The molecule has 1 N–H and O–H groups in total. The van der Waals surface area contributed by atoms with E-state index in [4.69, 9.17) is 14.7 Å². The molecule has 0 spiro atoms. The van der Waals surface area contributed by atoms with E-state index in [1.807, 2.05) is 18.2 Å². The first-order valence-electron chi connectivity index (χ1n) is 9.42. The number of thioether (sulfide) groups is 1. The van der Waals surface area contributed by atoms with Crippen LogP contribution in [0.1, 0.15) is 35.7 Å². The lowest BCUT2D eigenvalue weighted by Gasteiger charge is -2.15. The lowest BCUT2D eigenvalue weighted by molar-refractivity contribution is -0.123. The number of amides is 1. The molecule has 1 aliphatic rings. The Balaban J connectivity index is 1.60. The second-order valence-corrected chi connectivity index (χ2v) is 7.73. The summed E-state index contributed by atoms with van der Waals surface area (Å²) in [5.41, 5.74) is 1.34. The first-order chi connectivity index (χ1) is 14.1. The Kier molecular flexibility index (Phi) is 7.28. The van der Waals surface area contributed by atoms with Crippen molar-refractivity contribution in [1.82, 2.24) is 0 Å². The zero-order valence-corrected chi connectivity index (χ0v) is 16.9. The molecule has 0 aromatic heterocycles. The van der Waals surface area contributed by atoms with Crippen LogP contribution in [-0.4, -0.2) is 36.4 Å². The van der Waals surface area contributed by atoms with Gasteiger partial charge in [-0.2, -0.15) is 5.26 Å². The molecule has 3 rings (SSSR count). The number of hydrogen-bond acceptors (Lipinski definition) is 6.